The molecule has 0 unspecified atom stereocenters. The largest absolute Gasteiger partial charge is 0.278 e. The SMILES string of the molecule is CCCC=C(C)C(=O)N(NCCCCCC)NCCCCCC. The van der Waals surface area contributed by atoms with Gasteiger partial charge in [0.25, 0.3) is 5.91 Å². The highest BCUT2D eigenvalue weighted by Crippen LogP contribution is 2.03. The third-order valence-electron chi connectivity index (χ3n) is 3.88. The van der Waals surface area contributed by atoms with E-state index < -0.39 is 0 Å². The summed E-state index contributed by atoms with van der Waals surface area (Å²) >= 11 is 0. The average molecular weight is 326 g/mol. The van der Waals surface area contributed by atoms with Gasteiger partial charge in [-0.25, -0.2) is 16.0 Å². The third kappa shape index (κ3) is 12.2. The van der Waals surface area contributed by atoms with Gasteiger partial charge in [0, 0.05) is 18.7 Å². The number of nitrogens with one attached hydrogen (secondary N) is 2. The lowest BCUT2D eigenvalue weighted by atomic mass is 10.2. The van der Waals surface area contributed by atoms with Crippen molar-refractivity contribution in [2.24, 2.45) is 0 Å². The number of hydrazine groups is 2. The van der Waals surface area contributed by atoms with Crippen molar-refractivity contribution in [1.29, 1.82) is 0 Å². The minimum absolute atomic E-state index is 0.0458. The summed E-state index contributed by atoms with van der Waals surface area (Å²) in [6.07, 6.45) is 13.7. The van der Waals surface area contributed by atoms with Crippen molar-refractivity contribution in [1.82, 2.24) is 16.0 Å². The fourth-order valence-electron chi connectivity index (χ4n) is 2.31. The summed E-state index contributed by atoms with van der Waals surface area (Å²) in [4.78, 5) is 12.5. The molecule has 23 heavy (non-hydrogen) atoms. The van der Waals surface area contributed by atoms with Gasteiger partial charge >= 0.3 is 0 Å². The highest BCUT2D eigenvalue weighted by Gasteiger charge is 2.14. The third-order valence-corrected chi connectivity index (χ3v) is 3.88. The normalized spacial score (nSPS) is 11.7. The molecule has 0 aliphatic heterocycles. The molecule has 0 saturated heterocycles. The van der Waals surface area contributed by atoms with Crippen molar-refractivity contribution in [2.75, 3.05) is 13.1 Å². The maximum Gasteiger partial charge on any atom is 0.278 e. The first-order valence-corrected chi connectivity index (χ1v) is 9.65. The number of nitrogens with zero attached hydrogens (tertiary/aromatic N) is 1. The Balaban J connectivity index is 4.32. The molecule has 0 spiro atoms. The van der Waals surface area contributed by atoms with Gasteiger partial charge in [0.05, 0.1) is 0 Å². The van der Waals surface area contributed by atoms with E-state index in [4.69, 9.17) is 0 Å². The fraction of sp³-hybridized carbons (Fsp3) is 0.842. The Morgan fingerprint density at radius 2 is 1.35 bits per heavy atom. The molecule has 0 aromatic carbocycles. The van der Waals surface area contributed by atoms with E-state index in [1.54, 1.807) is 5.12 Å². The van der Waals surface area contributed by atoms with Crippen LogP contribution in [0.25, 0.3) is 0 Å². The molecule has 0 rings (SSSR count). The molecular weight excluding hydrogens is 286 g/mol. The maximum absolute atomic E-state index is 12.5. The first kappa shape index (κ1) is 22.1. The molecule has 4 nitrogen and oxygen atoms in total. The Morgan fingerprint density at radius 3 is 1.78 bits per heavy atom. The summed E-state index contributed by atoms with van der Waals surface area (Å²) in [6, 6.07) is 0. The Bertz CT molecular complexity index is 302. The van der Waals surface area contributed by atoms with Gasteiger partial charge in [-0.1, -0.05) is 71.8 Å². The van der Waals surface area contributed by atoms with Gasteiger partial charge < -0.3 is 0 Å². The van der Waals surface area contributed by atoms with Crippen LogP contribution in [0, 0.1) is 0 Å². The lowest BCUT2D eigenvalue weighted by molar-refractivity contribution is -0.134. The predicted octanol–water partition coefficient (Wildman–Crippen LogP) is 4.73. The van der Waals surface area contributed by atoms with Crippen molar-refractivity contribution >= 4 is 5.91 Å². The average Bonchev–Trinajstić information content (AvgIpc) is 2.56. The number of carbonyl (C=O) groups is 1. The second-order valence-corrected chi connectivity index (χ2v) is 6.25. The topological polar surface area (TPSA) is 44.4 Å². The van der Waals surface area contributed by atoms with Crippen molar-refractivity contribution in [3.63, 3.8) is 0 Å². The van der Waals surface area contributed by atoms with E-state index in [9.17, 15) is 4.79 Å². The molecule has 0 aromatic heterocycles. The molecule has 0 aliphatic rings. The van der Waals surface area contributed by atoms with E-state index in [1.165, 1.54) is 38.5 Å². The molecule has 0 aromatic rings. The summed E-state index contributed by atoms with van der Waals surface area (Å²) in [5, 5.41) is 1.61. The first-order chi connectivity index (χ1) is 11.2. The van der Waals surface area contributed by atoms with Crippen LogP contribution in [0.15, 0.2) is 11.6 Å². The van der Waals surface area contributed by atoms with Crippen LogP contribution in [0.1, 0.15) is 91.9 Å². The molecule has 0 aliphatic carbocycles. The quantitative estimate of drug-likeness (QED) is 0.260. The van der Waals surface area contributed by atoms with E-state index in [1.807, 2.05) is 13.0 Å². The van der Waals surface area contributed by atoms with Crippen LogP contribution in [-0.2, 0) is 4.79 Å². The Labute approximate surface area is 144 Å². The summed E-state index contributed by atoms with van der Waals surface area (Å²) in [6.45, 7) is 10.1. The smallest absolute Gasteiger partial charge is 0.267 e. The molecular formula is C19H39N3O. The standard InChI is InChI=1S/C19H39N3O/c1-5-8-11-13-16-20-22(21-17-14-12-9-6-2)19(23)18(4)15-10-7-3/h15,20-21H,5-14,16-17H2,1-4H3. The van der Waals surface area contributed by atoms with E-state index >= 15 is 0 Å². The summed E-state index contributed by atoms with van der Waals surface area (Å²) < 4.78 is 0. The lowest BCUT2D eigenvalue weighted by Crippen LogP contribution is -2.52. The minimum Gasteiger partial charge on any atom is -0.267 e. The first-order valence-electron chi connectivity index (χ1n) is 9.65. The second kappa shape index (κ2) is 16.0. The van der Waals surface area contributed by atoms with Crippen LogP contribution in [0.4, 0.5) is 0 Å². The van der Waals surface area contributed by atoms with Crippen molar-refractivity contribution < 1.29 is 4.79 Å². The van der Waals surface area contributed by atoms with Crippen LogP contribution in [0.3, 0.4) is 0 Å². The number of amides is 1. The predicted molar refractivity (Wildman–Crippen MR) is 99.8 cm³/mol. The van der Waals surface area contributed by atoms with Gasteiger partial charge in [0.2, 0.25) is 0 Å². The molecule has 0 radical (unpaired) electrons. The summed E-state index contributed by atoms with van der Waals surface area (Å²) in [5.74, 6) is 0.0458. The van der Waals surface area contributed by atoms with E-state index in [2.05, 4.69) is 31.6 Å². The van der Waals surface area contributed by atoms with E-state index in [0.717, 1.165) is 44.3 Å². The van der Waals surface area contributed by atoms with Crippen molar-refractivity contribution in [2.45, 2.75) is 91.9 Å². The molecule has 4 heteroatoms. The molecule has 0 atom stereocenters. The Kier molecular flexibility index (Phi) is 15.4. The Morgan fingerprint density at radius 1 is 0.826 bits per heavy atom. The monoisotopic (exact) mass is 325 g/mol. The zero-order valence-electron chi connectivity index (χ0n) is 15.9. The number of unbranched alkanes of at least 4 members (excludes halogenated alkanes) is 7. The zero-order chi connectivity index (χ0) is 17.3. The summed E-state index contributed by atoms with van der Waals surface area (Å²) in [5.41, 5.74) is 7.33. The minimum atomic E-state index is 0.0458. The fourth-order valence-corrected chi connectivity index (χ4v) is 2.31. The molecule has 0 saturated carbocycles. The molecule has 0 heterocycles. The highest BCUT2D eigenvalue weighted by atomic mass is 16.2. The molecule has 0 bridgehead atoms. The number of allylic oxidation sites excluding steroid dienone is 1. The van der Waals surface area contributed by atoms with Crippen molar-refractivity contribution in [3.05, 3.63) is 11.6 Å². The number of carbonyl (C=O) groups excluding carboxylic acids is 1. The number of hydrogen-bond acceptors (Lipinski definition) is 3. The van der Waals surface area contributed by atoms with Crippen LogP contribution < -0.4 is 10.9 Å². The van der Waals surface area contributed by atoms with Crippen LogP contribution in [0.5, 0.6) is 0 Å². The molecule has 0 fully saturated rings. The lowest BCUT2D eigenvalue weighted by Gasteiger charge is -2.24. The van der Waals surface area contributed by atoms with Crippen LogP contribution >= 0.6 is 0 Å². The highest BCUT2D eigenvalue weighted by molar-refractivity contribution is 5.92. The van der Waals surface area contributed by atoms with Gasteiger partial charge in [-0.15, -0.1) is 0 Å². The van der Waals surface area contributed by atoms with Gasteiger partial charge in [-0.2, -0.15) is 0 Å². The molecule has 136 valence electrons. The number of hydrogen-bond donors (Lipinski definition) is 2. The van der Waals surface area contributed by atoms with Gasteiger partial charge in [-0.3, -0.25) is 4.79 Å². The van der Waals surface area contributed by atoms with Crippen LogP contribution in [-0.4, -0.2) is 24.1 Å². The van der Waals surface area contributed by atoms with E-state index in [-0.39, 0.29) is 5.91 Å². The zero-order valence-corrected chi connectivity index (χ0v) is 15.9. The Hall–Kier alpha value is -0.870. The summed E-state index contributed by atoms with van der Waals surface area (Å²) in [7, 11) is 0. The second-order valence-electron chi connectivity index (χ2n) is 6.25. The maximum atomic E-state index is 12.5. The number of rotatable bonds is 15. The van der Waals surface area contributed by atoms with E-state index in [0.29, 0.717) is 0 Å². The van der Waals surface area contributed by atoms with Crippen molar-refractivity contribution in [3.8, 4) is 0 Å². The van der Waals surface area contributed by atoms with Gasteiger partial charge in [0.1, 0.15) is 0 Å². The van der Waals surface area contributed by atoms with Gasteiger partial charge in [-0.05, 0) is 26.2 Å². The molecule has 2 N–H and O–H groups in total. The van der Waals surface area contributed by atoms with Crippen LogP contribution in [0.2, 0.25) is 0 Å². The van der Waals surface area contributed by atoms with Gasteiger partial charge in [0.15, 0.2) is 0 Å². The molecule has 1 amide bonds.